The first kappa shape index (κ1) is 16.3. The molecule has 5 nitrogen and oxygen atoms in total. The smallest absolute Gasteiger partial charge is 0.323 e. The third kappa shape index (κ3) is 3.07. The monoisotopic (exact) mass is 373 g/mol. The minimum atomic E-state index is -0.683. The van der Waals surface area contributed by atoms with Gasteiger partial charge >= 0.3 is 6.03 Å². The van der Waals surface area contributed by atoms with Gasteiger partial charge in [0.25, 0.3) is 5.91 Å². The van der Waals surface area contributed by atoms with Gasteiger partial charge in [0, 0.05) is 4.47 Å². The number of carbonyl (C=O) groups is 2. The predicted molar refractivity (Wildman–Crippen MR) is 85.3 cm³/mol. The number of benzene rings is 1. The summed E-state index contributed by atoms with van der Waals surface area (Å²) in [6.07, 6.45) is 1.32. The first-order valence-corrected chi connectivity index (χ1v) is 7.49. The molecule has 3 amide bonds. The molecule has 7 heteroatoms. The van der Waals surface area contributed by atoms with Crippen molar-refractivity contribution in [2.24, 2.45) is 0 Å². The summed E-state index contributed by atoms with van der Waals surface area (Å²) in [5.41, 5.74) is 0.264. The molecule has 1 aromatic carbocycles. The molecule has 0 aliphatic carbocycles. The van der Waals surface area contributed by atoms with Gasteiger partial charge in [-0.05, 0) is 43.6 Å². The van der Waals surface area contributed by atoms with Crippen LogP contribution in [0.3, 0.4) is 0 Å². The lowest BCUT2D eigenvalue weighted by atomic mass is 9.88. The third-order valence-electron chi connectivity index (χ3n) is 3.96. The molecular formula is C14H17BrClN3O2. The largest absolute Gasteiger partial charge is 0.325 e. The van der Waals surface area contributed by atoms with Crippen molar-refractivity contribution in [2.45, 2.75) is 24.9 Å². The number of hydrogen-bond donors (Lipinski definition) is 2. The molecule has 21 heavy (non-hydrogen) atoms. The fourth-order valence-electron chi connectivity index (χ4n) is 2.78. The number of nitrogens with one attached hydrogen (secondary N) is 2. The van der Waals surface area contributed by atoms with Crippen molar-refractivity contribution >= 4 is 40.3 Å². The number of nitrogens with zero attached hydrogens (tertiary/aromatic N) is 1. The van der Waals surface area contributed by atoms with Crippen molar-refractivity contribution in [3.63, 3.8) is 0 Å². The molecule has 114 valence electrons. The zero-order chi connectivity index (χ0) is 14.2. The van der Waals surface area contributed by atoms with Crippen LogP contribution in [0.2, 0.25) is 0 Å². The maximum Gasteiger partial charge on any atom is 0.325 e. The van der Waals surface area contributed by atoms with Crippen LogP contribution in [0.5, 0.6) is 0 Å². The minimum absolute atomic E-state index is 0. The Kier molecular flexibility index (Phi) is 4.91. The SMILES string of the molecule is Cl.O=C1NC2(CCNCC2)C(=O)N1Cc1ccc(Br)cc1. The maximum absolute atomic E-state index is 12.6. The van der Waals surface area contributed by atoms with Crippen LogP contribution in [0.15, 0.2) is 28.7 Å². The van der Waals surface area contributed by atoms with Crippen LogP contribution < -0.4 is 10.6 Å². The Balaban J connectivity index is 0.00000161. The van der Waals surface area contributed by atoms with Crippen LogP contribution in [0, 0.1) is 0 Å². The average molecular weight is 375 g/mol. The Bertz CT molecular complexity index is 544. The normalized spacial score (nSPS) is 20.3. The predicted octanol–water partition coefficient (Wildman–Crippen LogP) is 2.04. The van der Waals surface area contributed by atoms with E-state index < -0.39 is 5.54 Å². The lowest BCUT2D eigenvalue weighted by molar-refractivity contribution is -0.132. The maximum atomic E-state index is 12.6. The summed E-state index contributed by atoms with van der Waals surface area (Å²) in [4.78, 5) is 26.0. The van der Waals surface area contributed by atoms with Crippen LogP contribution in [-0.4, -0.2) is 35.5 Å². The Hall–Kier alpha value is -1.11. The van der Waals surface area contributed by atoms with Crippen molar-refractivity contribution in [3.8, 4) is 0 Å². The van der Waals surface area contributed by atoms with E-state index in [0.717, 1.165) is 23.1 Å². The molecule has 0 saturated carbocycles. The second-order valence-corrected chi connectivity index (χ2v) is 6.20. The number of piperidine rings is 1. The van der Waals surface area contributed by atoms with E-state index in [-0.39, 0.29) is 24.3 Å². The number of rotatable bonds is 2. The molecule has 2 aliphatic rings. The second-order valence-electron chi connectivity index (χ2n) is 5.28. The van der Waals surface area contributed by atoms with Crippen LogP contribution in [0.1, 0.15) is 18.4 Å². The molecule has 1 spiro atoms. The van der Waals surface area contributed by atoms with Crippen molar-refractivity contribution in [1.82, 2.24) is 15.5 Å². The molecule has 0 radical (unpaired) electrons. The highest BCUT2D eigenvalue weighted by molar-refractivity contribution is 9.10. The van der Waals surface area contributed by atoms with Crippen LogP contribution in [-0.2, 0) is 11.3 Å². The zero-order valence-corrected chi connectivity index (χ0v) is 13.8. The minimum Gasteiger partial charge on any atom is -0.323 e. The summed E-state index contributed by atoms with van der Waals surface area (Å²) in [7, 11) is 0. The van der Waals surface area contributed by atoms with Crippen molar-refractivity contribution in [3.05, 3.63) is 34.3 Å². The van der Waals surface area contributed by atoms with Crippen molar-refractivity contribution < 1.29 is 9.59 Å². The molecular weight excluding hydrogens is 358 g/mol. The molecule has 2 heterocycles. The second kappa shape index (κ2) is 6.34. The number of amides is 3. The molecule has 2 fully saturated rings. The van der Waals surface area contributed by atoms with Gasteiger partial charge in [0.15, 0.2) is 0 Å². The number of halogens is 2. The lowest BCUT2D eigenvalue weighted by Crippen LogP contribution is -2.53. The van der Waals surface area contributed by atoms with Gasteiger partial charge in [-0.2, -0.15) is 0 Å². The summed E-state index contributed by atoms with van der Waals surface area (Å²) in [5, 5.41) is 6.10. The van der Waals surface area contributed by atoms with E-state index in [4.69, 9.17) is 0 Å². The quantitative estimate of drug-likeness (QED) is 0.779. The molecule has 0 bridgehead atoms. The summed E-state index contributed by atoms with van der Waals surface area (Å²) < 4.78 is 0.980. The van der Waals surface area contributed by atoms with Crippen LogP contribution >= 0.6 is 28.3 Å². The number of imide groups is 1. The van der Waals surface area contributed by atoms with E-state index in [2.05, 4.69) is 26.6 Å². The van der Waals surface area contributed by atoms with Crippen molar-refractivity contribution in [1.29, 1.82) is 0 Å². The van der Waals surface area contributed by atoms with E-state index in [9.17, 15) is 9.59 Å². The molecule has 2 N–H and O–H groups in total. The molecule has 0 unspecified atom stereocenters. The van der Waals surface area contributed by atoms with Gasteiger partial charge in [0.05, 0.1) is 6.54 Å². The van der Waals surface area contributed by atoms with Gasteiger partial charge in [0.1, 0.15) is 5.54 Å². The molecule has 1 aromatic rings. The van der Waals surface area contributed by atoms with E-state index in [0.29, 0.717) is 19.4 Å². The van der Waals surface area contributed by atoms with Crippen molar-refractivity contribution in [2.75, 3.05) is 13.1 Å². The molecule has 0 aromatic heterocycles. The summed E-state index contributed by atoms with van der Waals surface area (Å²) >= 11 is 3.37. The Morgan fingerprint density at radius 1 is 1.14 bits per heavy atom. The van der Waals surface area contributed by atoms with Gasteiger partial charge in [-0.25, -0.2) is 4.79 Å². The van der Waals surface area contributed by atoms with Crippen LogP contribution in [0.4, 0.5) is 4.79 Å². The fraction of sp³-hybridized carbons (Fsp3) is 0.429. The third-order valence-corrected chi connectivity index (χ3v) is 4.49. The topological polar surface area (TPSA) is 61.4 Å². The summed E-state index contributed by atoms with van der Waals surface area (Å²) in [6, 6.07) is 7.37. The van der Waals surface area contributed by atoms with E-state index >= 15 is 0 Å². The van der Waals surface area contributed by atoms with Gasteiger partial charge in [-0.3, -0.25) is 9.69 Å². The van der Waals surface area contributed by atoms with E-state index in [1.165, 1.54) is 4.90 Å². The van der Waals surface area contributed by atoms with Crippen LogP contribution in [0.25, 0.3) is 0 Å². The average Bonchev–Trinajstić information content (AvgIpc) is 2.67. The Morgan fingerprint density at radius 2 is 1.76 bits per heavy atom. The molecule has 0 atom stereocenters. The Morgan fingerprint density at radius 3 is 2.38 bits per heavy atom. The summed E-state index contributed by atoms with van der Waals surface area (Å²) in [5.74, 6) is -0.0908. The highest BCUT2D eigenvalue weighted by Crippen LogP contribution is 2.28. The lowest BCUT2D eigenvalue weighted by Gasteiger charge is -2.31. The van der Waals surface area contributed by atoms with Gasteiger partial charge in [-0.15, -0.1) is 12.4 Å². The molecule has 2 aliphatic heterocycles. The number of carbonyl (C=O) groups excluding carboxylic acids is 2. The molecule has 3 rings (SSSR count). The highest BCUT2D eigenvalue weighted by Gasteiger charge is 2.51. The van der Waals surface area contributed by atoms with Gasteiger partial charge in [-0.1, -0.05) is 28.1 Å². The first-order valence-electron chi connectivity index (χ1n) is 6.70. The highest BCUT2D eigenvalue weighted by atomic mass is 79.9. The standard InChI is InChI=1S/C14H16BrN3O2.ClH/c15-11-3-1-10(2-4-11)9-18-12(19)14(17-13(18)20)5-7-16-8-6-14;/h1-4,16H,5-9H2,(H,17,20);1H. The Labute approximate surface area is 138 Å². The molecule has 2 saturated heterocycles. The van der Waals surface area contributed by atoms with E-state index in [1.807, 2.05) is 24.3 Å². The number of hydrogen-bond acceptors (Lipinski definition) is 3. The zero-order valence-electron chi connectivity index (χ0n) is 11.4. The summed E-state index contributed by atoms with van der Waals surface area (Å²) in [6.45, 7) is 1.85. The van der Waals surface area contributed by atoms with Gasteiger partial charge in [0.2, 0.25) is 0 Å². The number of urea groups is 1. The van der Waals surface area contributed by atoms with E-state index in [1.54, 1.807) is 0 Å². The van der Waals surface area contributed by atoms with Gasteiger partial charge < -0.3 is 10.6 Å². The first-order chi connectivity index (χ1) is 9.61. The fourth-order valence-corrected chi connectivity index (χ4v) is 3.05.